The van der Waals surface area contributed by atoms with E-state index in [-0.39, 0.29) is 31.2 Å². The van der Waals surface area contributed by atoms with Crippen molar-refractivity contribution in [2.24, 2.45) is 11.5 Å². The molecule has 0 aromatic rings. The van der Waals surface area contributed by atoms with Crippen LogP contribution < -0.4 is 22.1 Å². The van der Waals surface area contributed by atoms with Crippen LogP contribution in [0.2, 0.25) is 0 Å². The maximum absolute atomic E-state index is 11.5. The maximum Gasteiger partial charge on any atom is 0.244 e. The number of nitrogens with two attached hydrogens (primary N) is 2. The molecule has 0 aliphatic rings. The first-order chi connectivity index (χ1) is 10.5. The van der Waals surface area contributed by atoms with Gasteiger partial charge >= 0.3 is 0 Å². The number of amides is 2. The van der Waals surface area contributed by atoms with Crippen molar-refractivity contribution in [1.29, 1.82) is 0 Å². The fraction of sp³-hybridized carbons (Fsp3) is 0.600. The maximum atomic E-state index is 11.5. The second-order valence-corrected chi connectivity index (χ2v) is 4.98. The number of hydrogen-bond donors (Lipinski definition) is 5. The number of rotatable bonds is 11. The van der Waals surface area contributed by atoms with Crippen LogP contribution in [0.4, 0.5) is 0 Å². The summed E-state index contributed by atoms with van der Waals surface area (Å²) in [5.41, 5.74) is 11.1. The highest BCUT2D eigenvalue weighted by Crippen LogP contribution is 2.00. The zero-order valence-corrected chi connectivity index (χ0v) is 13.1. The van der Waals surface area contributed by atoms with Gasteiger partial charge in [0.1, 0.15) is 0 Å². The Labute approximate surface area is 131 Å². The molecule has 0 fully saturated rings. The summed E-state index contributed by atoms with van der Waals surface area (Å²) in [4.78, 5) is 22.9. The second-order valence-electron chi connectivity index (χ2n) is 4.98. The van der Waals surface area contributed by atoms with Gasteiger partial charge in [-0.25, -0.2) is 0 Å². The predicted molar refractivity (Wildman–Crippen MR) is 86.9 cm³/mol. The second kappa shape index (κ2) is 13.0. The SMILES string of the molecule is C/C=C\C=C\C(=O)NC[C@H](O)C[C@@H](N)CC(=O)NCCCN. The third kappa shape index (κ3) is 12.1. The molecule has 0 aromatic heterocycles. The fourth-order valence-corrected chi connectivity index (χ4v) is 1.69. The molecular formula is C15H28N4O3. The lowest BCUT2D eigenvalue weighted by Crippen LogP contribution is -2.38. The zero-order valence-electron chi connectivity index (χ0n) is 13.1. The smallest absolute Gasteiger partial charge is 0.244 e. The Morgan fingerprint density at radius 2 is 2.00 bits per heavy atom. The summed E-state index contributed by atoms with van der Waals surface area (Å²) in [5, 5.41) is 15.0. The molecule has 0 saturated carbocycles. The standard InChI is InChI=1S/C15H28N4O3/c1-2-3-4-6-14(21)19-11-13(20)9-12(17)10-15(22)18-8-5-7-16/h2-4,6,12-13,20H,5,7-11,16-17H2,1H3,(H,18,22)(H,19,21)/b3-2-,6-4+/t12-,13-/m1/s1. The van der Waals surface area contributed by atoms with Crippen molar-refractivity contribution in [3.63, 3.8) is 0 Å². The van der Waals surface area contributed by atoms with Crippen molar-refractivity contribution >= 4 is 11.8 Å². The lowest BCUT2D eigenvalue weighted by atomic mass is 10.1. The van der Waals surface area contributed by atoms with Crippen molar-refractivity contribution in [3.8, 4) is 0 Å². The molecule has 0 aromatic carbocycles. The van der Waals surface area contributed by atoms with Gasteiger partial charge in [0.05, 0.1) is 6.10 Å². The topological polar surface area (TPSA) is 130 Å². The molecule has 2 atom stereocenters. The van der Waals surface area contributed by atoms with Crippen LogP contribution in [-0.2, 0) is 9.59 Å². The highest BCUT2D eigenvalue weighted by Gasteiger charge is 2.14. The highest BCUT2D eigenvalue weighted by molar-refractivity contribution is 5.87. The summed E-state index contributed by atoms with van der Waals surface area (Å²) >= 11 is 0. The van der Waals surface area contributed by atoms with Crippen LogP contribution in [0.1, 0.15) is 26.2 Å². The Bertz CT molecular complexity index is 383. The van der Waals surface area contributed by atoms with Crippen LogP contribution in [0.25, 0.3) is 0 Å². The molecule has 0 spiro atoms. The molecule has 7 heteroatoms. The van der Waals surface area contributed by atoms with E-state index in [1.54, 1.807) is 18.2 Å². The number of hydrogen-bond acceptors (Lipinski definition) is 5. The summed E-state index contributed by atoms with van der Waals surface area (Å²) in [6.07, 6.45) is 6.82. The first-order valence-corrected chi connectivity index (χ1v) is 7.47. The number of allylic oxidation sites excluding steroid dienone is 3. The molecule has 0 heterocycles. The Morgan fingerprint density at radius 1 is 1.27 bits per heavy atom. The van der Waals surface area contributed by atoms with Crippen molar-refractivity contribution in [2.75, 3.05) is 19.6 Å². The first kappa shape index (κ1) is 20.3. The Morgan fingerprint density at radius 3 is 2.64 bits per heavy atom. The molecule has 0 radical (unpaired) electrons. The van der Waals surface area contributed by atoms with Gasteiger partial charge in [-0.2, -0.15) is 0 Å². The zero-order chi connectivity index (χ0) is 16.8. The molecule has 2 amide bonds. The van der Waals surface area contributed by atoms with Crippen LogP contribution in [0.3, 0.4) is 0 Å². The van der Waals surface area contributed by atoms with Crippen LogP contribution in [0.5, 0.6) is 0 Å². The Balaban J connectivity index is 3.87. The first-order valence-electron chi connectivity index (χ1n) is 7.47. The van der Waals surface area contributed by atoms with E-state index in [0.717, 1.165) is 6.42 Å². The number of nitrogens with one attached hydrogen (secondary N) is 2. The van der Waals surface area contributed by atoms with Gasteiger partial charge in [-0.1, -0.05) is 18.2 Å². The van der Waals surface area contributed by atoms with Gasteiger partial charge in [0.25, 0.3) is 0 Å². The Kier molecular flexibility index (Phi) is 12.0. The van der Waals surface area contributed by atoms with Crippen LogP contribution >= 0.6 is 0 Å². The largest absolute Gasteiger partial charge is 0.391 e. The summed E-state index contributed by atoms with van der Waals surface area (Å²) in [7, 11) is 0. The van der Waals surface area contributed by atoms with Gasteiger partial charge in [-0.15, -0.1) is 0 Å². The molecule has 126 valence electrons. The minimum atomic E-state index is -0.786. The van der Waals surface area contributed by atoms with E-state index in [0.29, 0.717) is 13.1 Å². The van der Waals surface area contributed by atoms with E-state index in [4.69, 9.17) is 11.5 Å². The molecule has 0 saturated heterocycles. The molecule has 22 heavy (non-hydrogen) atoms. The number of aliphatic hydroxyl groups excluding tert-OH is 1. The van der Waals surface area contributed by atoms with E-state index in [9.17, 15) is 14.7 Å². The summed E-state index contributed by atoms with van der Waals surface area (Å²) in [6.45, 7) is 2.99. The van der Waals surface area contributed by atoms with Crippen LogP contribution in [0.15, 0.2) is 24.3 Å². The van der Waals surface area contributed by atoms with Gasteiger partial charge in [0, 0.05) is 31.6 Å². The summed E-state index contributed by atoms with van der Waals surface area (Å²) in [5.74, 6) is -0.447. The fourth-order valence-electron chi connectivity index (χ4n) is 1.69. The lowest BCUT2D eigenvalue weighted by Gasteiger charge is -2.16. The van der Waals surface area contributed by atoms with Gasteiger partial charge in [0.15, 0.2) is 0 Å². The van der Waals surface area contributed by atoms with E-state index < -0.39 is 12.1 Å². The van der Waals surface area contributed by atoms with Gasteiger partial charge in [-0.3, -0.25) is 9.59 Å². The summed E-state index contributed by atoms with van der Waals surface area (Å²) < 4.78 is 0. The van der Waals surface area contributed by atoms with E-state index in [1.165, 1.54) is 6.08 Å². The predicted octanol–water partition coefficient (Wildman–Crippen LogP) is -0.832. The van der Waals surface area contributed by atoms with E-state index in [1.807, 2.05) is 6.92 Å². The minimum Gasteiger partial charge on any atom is -0.391 e. The normalized spacial score (nSPS) is 14.2. The molecule has 0 aliphatic heterocycles. The third-order valence-electron chi connectivity index (χ3n) is 2.79. The van der Waals surface area contributed by atoms with Crippen LogP contribution in [-0.4, -0.2) is 48.7 Å². The molecule has 7 nitrogen and oxygen atoms in total. The molecule has 0 aliphatic carbocycles. The minimum absolute atomic E-state index is 0.0987. The van der Waals surface area contributed by atoms with Crippen molar-refractivity contribution in [2.45, 2.75) is 38.3 Å². The number of carbonyl (C=O) groups excluding carboxylic acids is 2. The Hall–Kier alpha value is -1.70. The van der Waals surface area contributed by atoms with Gasteiger partial charge in [0.2, 0.25) is 11.8 Å². The van der Waals surface area contributed by atoms with Crippen molar-refractivity contribution in [3.05, 3.63) is 24.3 Å². The van der Waals surface area contributed by atoms with Gasteiger partial charge < -0.3 is 27.2 Å². The summed E-state index contributed by atoms with van der Waals surface area (Å²) in [6, 6.07) is -0.455. The highest BCUT2D eigenvalue weighted by atomic mass is 16.3. The number of carbonyl (C=O) groups is 2. The van der Waals surface area contributed by atoms with Crippen LogP contribution in [0, 0.1) is 0 Å². The molecule has 0 bridgehead atoms. The molecule has 0 unspecified atom stereocenters. The van der Waals surface area contributed by atoms with E-state index in [2.05, 4.69) is 10.6 Å². The van der Waals surface area contributed by atoms with Crippen molar-refractivity contribution < 1.29 is 14.7 Å². The molecular weight excluding hydrogens is 284 g/mol. The lowest BCUT2D eigenvalue weighted by molar-refractivity contribution is -0.121. The number of aliphatic hydroxyl groups is 1. The third-order valence-corrected chi connectivity index (χ3v) is 2.79. The monoisotopic (exact) mass is 312 g/mol. The average Bonchev–Trinajstić information content (AvgIpc) is 2.45. The molecule has 7 N–H and O–H groups in total. The van der Waals surface area contributed by atoms with Crippen molar-refractivity contribution in [1.82, 2.24) is 10.6 Å². The van der Waals surface area contributed by atoms with Gasteiger partial charge in [-0.05, 0) is 26.3 Å². The van der Waals surface area contributed by atoms with E-state index >= 15 is 0 Å². The molecule has 0 rings (SSSR count). The average molecular weight is 312 g/mol. The quantitative estimate of drug-likeness (QED) is 0.193.